The molecule has 0 unspecified atom stereocenters. The molecule has 32 heavy (non-hydrogen) atoms. The van der Waals surface area contributed by atoms with Gasteiger partial charge in [0.05, 0.1) is 5.69 Å². The van der Waals surface area contributed by atoms with Crippen LogP contribution in [0.5, 0.6) is 0 Å². The molecule has 0 atom stereocenters. The Morgan fingerprint density at radius 2 is 1.94 bits per heavy atom. The maximum atomic E-state index is 13.0. The van der Waals surface area contributed by atoms with Crippen LogP contribution >= 0.6 is 0 Å². The number of amides is 2. The van der Waals surface area contributed by atoms with Crippen molar-refractivity contribution in [1.29, 1.82) is 0 Å². The van der Waals surface area contributed by atoms with Gasteiger partial charge in [-0.05, 0) is 55.5 Å². The smallest absolute Gasteiger partial charge is 0.251 e. The Kier molecular flexibility index (Phi) is 8.72. The van der Waals surface area contributed by atoms with E-state index in [2.05, 4.69) is 29.1 Å². The number of aromatic nitrogens is 1. The molecule has 1 aromatic carbocycles. The lowest BCUT2D eigenvalue weighted by atomic mass is 10.0. The SMILES string of the molecule is CCCN(CCC)C(=O)C1=Cc2ccc(C(=O)NCCCc3cccnc3)cc2N=CC1. The number of benzene rings is 1. The van der Waals surface area contributed by atoms with E-state index < -0.39 is 0 Å². The Labute approximate surface area is 190 Å². The van der Waals surface area contributed by atoms with Crippen molar-refractivity contribution in [3.63, 3.8) is 0 Å². The molecule has 1 N–H and O–H groups in total. The molecular formula is C26H32N4O2. The van der Waals surface area contributed by atoms with Crippen LogP contribution < -0.4 is 5.32 Å². The molecule has 3 rings (SSSR count). The second kappa shape index (κ2) is 11.9. The topological polar surface area (TPSA) is 74.7 Å². The third-order valence-electron chi connectivity index (χ3n) is 5.36. The van der Waals surface area contributed by atoms with E-state index in [4.69, 9.17) is 0 Å². The van der Waals surface area contributed by atoms with Gasteiger partial charge in [-0.15, -0.1) is 0 Å². The van der Waals surface area contributed by atoms with Crippen molar-refractivity contribution in [1.82, 2.24) is 15.2 Å². The Hall–Kier alpha value is -3.28. The number of fused-ring (bicyclic) bond motifs is 1. The molecule has 168 valence electrons. The van der Waals surface area contributed by atoms with Crippen molar-refractivity contribution in [2.45, 2.75) is 46.0 Å². The summed E-state index contributed by atoms with van der Waals surface area (Å²) in [5.74, 6) is -0.0424. The molecule has 2 heterocycles. The quantitative estimate of drug-likeness (QED) is 0.558. The first kappa shape index (κ1) is 23.4. The van der Waals surface area contributed by atoms with Crippen LogP contribution in [0.2, 0.25) is 0 Å². The first-order valence-corrected chi connectivity index (χ1v) is 11.5. The van der Waals surface area contributed by atoms with E-state index in [1.807, 2.05) is 35.4 Å². The Morgan fingerprint density at radius 1 is 1.12 bits per heavy atom. The van der Waals surface area contributed by atoms with Gasteiger partial charge in [0.15, 0.2) is 0 Å². The highest BCUT2D eigenvalue weighted by Gasteiger charge is 2.19. The van der Waals surface area contributed by atoms with E-state index >= 15 is 0 Å². The molecule has 6 nitrogen and oxygen atoms in total. The van der Waals surface area contributed by atoms with Crippen LogP contribution in [-0.2, 0) is 11.2 Å². The van der Waals surface area contributed by atoms with Crippen molar-refractivity contribution in [3.05, 3.63) is 65.0 Å². The highest BCUT2D eigenvalue weighted by molar-refractivity contribution is 6.03. The lowest BCUT2D eigenvalue weighted by Gasteiger charge is -2.22. The van der Waals surface area contributed by atoms with Gasteiger partial charge in [0.1, 0.15) is 0 Å². The third-order valence-corrected chi connectivity index (χ3v) is 5.36. The van der Waals surface area contributed by atoms with Crippen molar-refractivity contribution >= 4 is 29.8 Å². The number of hydrogen-bond donors (Lipinski definition) is 1. The number of aliphatic imine (C=N–C) groups is 1. The molecule has 0 spiro atoms. The van der Waals surface area contributed by atoms with Gasteiger partial charge in [-0.1, -0.05) is 26.0 Å². The van der Waals surface area contributed by atoms with Crippen LogP contribution in [0.3, 0.4) is 0 Å². The predicted octanol–water partition coefficient (Wildman–Crippen LogP) is 4.58. The minimum Gasteiger partial charge on any atom is -0.352 e. The lowest BCUT2D eigenvalue weighted by Crippen LogP contribution is -2.33. The number of carbonyl (C=O) groups is 2. The highest BCUT2D eigenvalue weighted by Crippen LogP contribution is 2.27. The van der Waals surface area contributed by atoms with Crippen molar-refractivity contribution in [2.24, 2.45) is 4.99 Å². The van der Waals surface area contributed by atoms with Crippen LogP contribution in [0, 0.1) is 0 Å². The normalized spacial score (nSPS) is 12.5. The number of carbonyl (C=O) groups excluding carboxylic acids is 2. The zero-order valence-corrected chi connectivity index (χ0v) is 19.0. The fraction of sp³-hybridized carbons (Fsp3) is 0.385. The maximum Gasteiger partial charge on any atom is 0.251 e. The van der Waals surface area contributed by atoms with E-state index in [-0.39, 0.29) is 11.8 Å². The number of nitrogens with one attached hydrogen (secondary N) is 1. The number of rotatable bonds is 10. The molecule has 2 aromatic rings. The molecule has 1 aromatic heterocycles. The van der Waals surface area contributed by atoms with E-state index in [1.54, 1.807) is 24.5 Å². The van der Waals surface area contributed by atoms with E-state index in [1.165, 1.54) is 0 Å². The van der Waals surface area contributed by atoms with Crippen molar-refractivity contribution in [3.8, 4) is 0 Å². The molecule has 2 amide bonds. The van der Waals surface area contributed by atoms with Crippen LogP contribution in [0.15, 0.2) is 53.3 Å². The first-order chi connectivity index (χ1) is 15.6. The minimum atomic E-state index is -0.115. The van der Waals surface area contributed by atoms with E-state index in [0.29, 0.717) is 24.2 Å². The summed E-state index contributed by atoms with van der Waals surface area (Å²) in [4.78, 5) is 36.1. The summed E-state index contributed by atoms with van der Waals surface area (Å²) in [6.45, 7) is 6.28. The van der Waals surface area contributed by atoms with Crippen LogP contribution in [0.1, 0.15) is 61.0 Å². The molecule has 0 saturated heterocycles. The molecule has 0 aliphatic carbocycles. The third kappa shape index (κ3) is 6.36. The van der Waals surface area contributed by atoms with Gasteiger partial charge in [-0.2, -0.15) is 0 Å². The summed E-state index contributed by atoms with van der Waals surface area (Å²) in [7, 11) is 0. The summed E-state index contributed by atoms with van der Waals surface area (Å²) in [5, 5.41) is 2.97. The Morgan fingerprint density at radius 3 is 2.66 bits per heavy atom. The lowest BCUT2D eigenvalue weighted by molar-refractivity contribution is -0.127. The molecule has 0 radical (unpaired) electrons. The molecule has 0 bridgehead atoms. The monoisotopic (exact) mass is 432 g/mol. The predicted molar refractivity (Wildman–Crippen MR) is 129 cm³/mol. The summed E-state index contributed by atoms with van der Waals surface area (Å²) in [6, 6.07) is 9.42. The summed E-state index contributed by atoms with van der Waals surface area (Å²) in [6.07, 6.45) is 11.4. The second-order valence-electron chi connectivity index (χ2n) is 7.97. The van der Waals surface area contributed by atoms with Crippen molar-refractivity contribution < 1.29 is 9.59 Å². The molecule has 1 aliphatic heterocycles. The maximum absolute atomic E-state index is 13.0. The summed E-state index contributed by atoms with van der Waals surface area (Å²) >= 11 is 0. The van der Waals surface area contributed by atoms with Gasteiger partial charge in [-0.3, -0.25) is 19.6 Å². The average molecular weight is 433 g/mol. The van der Waals surface area contributed by atoms with Gasteiger partial charge in [0.25, 0.3) is 5.91 Å². The average Bonchev–Trinajstić information content (AvgIpc) is 3.03. The van der Waals surface area contributed by atoms with E-state index in [0.717, 1.165) is 55.5 Å². The van der Waals surface area contributed by atoms with Crippen molar-refractivity contribution in [2.75, 3.05) is 19.6 Å². The van der Waals surface area contributed by atoms with Crippen LogP contribution in [-0.4, -0.2) is 47.5 Å². The zero-order valence-electron chi connectivity index (χ0n) is 19.0. The fourth-order valence-corrected chi connectivity index (χ4v) is 3.76. The van der Waals surface area contributed by atoms with Gasteiger partial charge in [0, 0.05) is 61.4 Å². The number of pyridine rings is 1. The molecule has 0 saturated carbocycles. The van der Waals surface area contributed by atoms with Gasteiger partial charge in [0.2, 0.25) is 5.91 Å². The zero-order chi connectivity index (χ0) is 22.8. The van der Waals surface area contributed by atoms with Gasteiger partial charge < -0.3 is 10.2 Å². The largest absolute Gasteiger partial charge is 0.352 e. The van der Waals surface area contributed by atoms with Gasteiger partial charge >= 0.3 is 0 Å². The summed E-state index contributed by atoms with van der Waals surface area (Å²) < 4.78 is 0. The minimum absolute atomic E-state index is 0.0726. The molecule has 1 aliphatic rings. The Bertz CT molecular complexity index is 977. The fourth-order valence-electron chi connectivity index (χ4n) is 3.76. The van der Waals surface area contributed by atoms with Crippen LogP contribution in [0.4, 0.5) is 5.69 Å². The number of nitrogens with zero attached hydrogens (tertiary/aromatic N) is 3. The molecule has 6 heteroatoms. The van der Waals surface area contributed by atoms with Gasteiger partial charge in [-0.25, -0.2) is 0 Å². The first-order valence-electron chi connectivity index (χ1n) is 11.5. The van der Waals surface area contributed by atoms with E-state index in [9.17, 15) is 9.59 Å². The molecule has 0 fully saturated rings. The summed E-state index contributed by atoms with van der Waals surface area (Å²) in [5.41, 5.74) is 4.05. The van der Waals surface area contributed by atoms with Crippen LogP contribution in [0.25, 0.3) is 6.08 Å². The second-order valence-corrected chi connectivity index (χ2v) is 7.97. The standard InChI is InChI=1S/C26H32N4O2/c1-3-15-30(16-4-2)26(32)23-11-14-28-24-18-22(10-9-21(24)17-23)25(31)29-13-6-8-20-7-5-12-27-19-20/h5,7,9-10,12,14,17-19H,3-4,6,8,11,13,15-16H2,1-2H3,(H,29,31). The Balaban J connectivity index is 1.63. The molecular weight excluding hydrogens is 400 g/mol. The number of aryl methyl sites for hydroxylation is 1. The highest BCUT2D eigenvalue weighted by atomic mass is 16.2. The number of hydrogen-bond acceptors (Lipinski definition) is 4.